The number of carbonyl (C=O) groups excluding carboxylic acids is 1. The van der Waals surface area contributed by atoms with E-state index in [-0.39, 0.29) is 21.6 Å². The molecular formula is C27H30Cl2FNO11. The molecule has 230 valence electrons. The number of aliphatic hydroxyl groups is 6. The van der Waals surface area contributed by atoms with Gasteiger partial charge in [-0.3, -0.25) is 4.79 Å². The average molecular weight is 634 g/mol. The number of halogens is 3. The van der Waals surface area contributed by atoms with Crippen molar-refractivity contribution in [2.24, 2.45) is 4.99 Å². The van der Waals surface area contributed by atoms with Crippen molar-refractivity contribution < 1.29 is 58.8 Å². The van der Waals surface area contributed by atoms with Gasteiger partial charge in [0, 0.05) is 11.0 Å². The van der Waals surface area contributed by atoms with Gasteiger partial charge in [-0.25, -0.2) is 9.38 Å². The minimum atomic E-state index is -2.31. The maximum absolute atomic E-state index is 15.6. The van der Waals surface area contributed by atoms with E-state index in [1.54, 1.807) is 6.08 Å². The van der Waals surface area contributed by atoms with E-state index in [1.165, 1.54) is 18.2 Å². The summed E-state index contributed by atoms with van der Waals surface area (Å²) >= 11 is 13.2. The Morgan fingerprint density at radius 3 is 2.31 bits per heavy atom. The van der Waals surface area contributed by atoms with Crippen molar-refractivity contribution in [1.29, 1.82) is 0 Å². The Labute approximate surface area is 249 Å². The largest absolute Gasteiger partial charge is 0.458 e. The predicted octanol–water partition coefficient (Wildman–Crippen LogP) is 0.402. The summed E-state index contributed by atoms with van der Waals surface area (Å²) in [6, 6.07) is 1.47. The van der Waals surface area contributed by atoms with E-state index >= 15 is 4.39 Å². The summed E-state index contributed by atoms with van der Waals surface area (Å²) in [5.74, 6) is -0.408. The van der Waals surface area contributed by atoms with Gasteiger partial charge in [0.25, 0.3) is 0 Å². The molecule has 2 fully saturated rings. The smallest absolute Gasteiger partial charge is 0.234 e. The van der Waals surface area contributed by atoms with Crippen LogP contribution in [0.2, 0.25) is 10.0 Å². The van der Waals surface area contributed by atoms with Crippen LogP contribution in [0.5, 0.6) is 5.75 Å². The van der Waals surface area contributed by atoms with Crippen LogP contribution in [-0.4, -0.2) is 117 Å². The predicted molar refractivity (Wildman–Crippen MR) is 145 cm³/mol. The second kappa shape index (κ2) is 11.8. The highest BCUT2D eigenvalue weighted by atomic mass is 35.5. The van der Waals surface area contributed by atoms with E-state index in [0.717, 1.165) is 0 Å². The molecule has 2 saturated heterocycles. The summed E-state index contributed by atoms with van der Waals surface area (Å²) < 4.78 is 37.7. The van der Waals surface area contributed by atoms with Crippen molar-refractivity contribution in [3.05, 3.63) is 45.5 Å². The molecule has 15 heteroatoms. The summed E-state index contributed by atoms with van der Waals surface area (Å²) in [6.45, 7) is 2.10. The molecule has 3 aliphatic heterocycles. The number of ketones is 1. The van der Waals surface area contributed by atoms with Gasteiger partial charge in [0.1, 0.15) is 42.7 Å². The first-order valence-corrected chi connectivity index (χ1v) is 13.8. The van der Waals surface area contributed by atoms with Gasteiger partial charge < -0.3 is 49.6 Å². The lowest BCUT2D eigenvalue weighted by Crippen LogP contribution is -2.64. The van der Waals surface area contributed by atoms with Crippen molar-refractivity contribution in [2.45, 2.75) is 80.7 Å². The number of benzene rings is 1. The molecule has 6 N–H and O–H groups in total. The highest BCUT2D eigenvalue weighted by molar-refractivity contribution is 6.39. The molecule has 1 aliphatic carbocycles. The number of aliphatic imine (C=N–C) groups is 1. The van der Waals surface area contributed by atoms with Crippen molar-refractivity contribution in [3.8, 4) is 5.75 Å². The summed E-state index contributed by atoms with van der Waals surface area (Å²) in [7, 11) is 0. The van der Waals surface area contributed by atoms with Crippen molar-refractivity contribution in [1.82, 2.24) is 0 Å². The molecule has 1 aromatic rings. The van der Waals surface area contributed by atoms with Gasteiger partial charge in [-0.1, -0.05) is 37.0 Å². The Morgan fingerprint density at radius 1 is 0.976 bits per heavy atom. The van der Waals surface area contributed by atoms with Crippen LogP contribution in [0.15, 0.2) is 34.9 Å². The van der Waals surface area contributed by atoms with Gasteiger partial charge in [0.2, 0.25) is 6.29 Å². The number of ether oxygens (including phenoxy) is 4. The van der Waals surface area contributed by atoms with Crippen molar-refractivity contribution >= 4 is 40.4 Å². The molecule has 0 spiro atoms. The molecule has 1 aromatic carbocycles. The Morgan fingerprint density at radius 2 is 1.64 bits per heavy atom. The van der Waals surface area contributed by atoms with Gasteiger partial charge in [0.15, 0.2) is 24.0 Å². The molecule has 0 radical (unpaired) electrons. The molecule has 42 heavy (non-hydrogen) atoms. The SMILES string of the molecule is CC1(C)C2=CC(=O)C=CC2=Nc2cc(Cl)c(O[C@@H]3O[C@H](CO)[C@@H](O[C@@H]4O[C@H](CO)[C@@H](O)[C@H](O)[C@H]4O)[C@H](O)[C@H]3F)c(Cl)c21. The molecule has 0 aromatic heterocycles. The monoisotopic (exact) mass is 633 g/mol. The second-order valence-electron chi connectivity index (χ2n) is 10.9. The Hall–Kier alpha value is -2.01. The van der Waals surface area contributed by atoms with Gasteiger partial charge in [-0.15, -0.1) is 0 Å². The highest BCUT2D eigenvalue weighted by Gasteiger charge is 2.52. The third-order valence-corrected chi connectivity index (χ3v) is 8.46. The third kappa shape index (κ3) is 5.30. The average Bonchev–Trinajstić information content (AvgIpc) is 2.94. The second-order valence-corrected chi connectivity index (χ2v) is 11.7. The van der Waals surface area contributed by atoms with Gasteiger partial charge in [0.05, 0.1) is 34.7 Å². The first-order chi connectivity index (χ1) is 19.8. The van der Waals surface area contributed by atoms with Crippen LogP contribution in [0, 0.1) is 0 Å². The number of nitrogens with zero attached hydrogens (tertiary/aromatic N) is 1. The van der Waals surface area contributed by atoms with Crippen LogP contribution in [-0.2, 0) is 24.4 Å². The number of rotatable bonds is 6. The quantitative estimate of drug-likeness (QED) is 0.238. The molecule has 0 saturated carbocycles. The van der Waals surface area contributed by atoms with Crippen LogP contribution in [0.25, 0.3) is 0 Å². The number of fused-ring (bicyclic) bond motifs is 2. The number of allylic oxidation sites excluding steroid dienone is 4. The number of carbonyl (C=O) groups is 1. The van der Waals surface area contributed by atoms with Crippen LogP contribution in [0.4, 0.5) is 10.1 Å². The topological polar surface area (TPSA) is 188 Å². The molecule has 10 atom stereocenters. The summed E-state index contributed by atoms with van der Waals surface area (Å²) in [4.78, 5) is 16.6. The molecule has 0 bridgehead atoms. The lowest BCUT2D eigenvalue weighted by atomic mass is 9.71. The number of hydrogen-bond acceptors (Lipinski definition) is 12. The van der Waals surface area contributed by atoms with Crippen LogP contribution < -0.4 is 4.74 Å². The zero-order valence-electron chi connectivity index (χ0n) is 22.3. The molecule has 3 heterocycles. The Kier molecular flexibility index (Phi) is 8.84. The lowest BCUT2D eigenvalue weighted by molar-refractivity contribution is -0.348. The van der Waals surface area contributed by atoms with E-state index < -0.39 is 80.1 Å². The minimum absolute atomic E-state index is 0.0290. The zero-order valence-corrected chi connectivity index (χ0v) is 23.8. The molecular weight excluding hydrogens is 604 g/mol. The zero-order chi connectivity index (χ0) is 30.7. The molecule has 4 aliphatic rings. The fourth-order valence-corrected chi connectivity index (χ4v) is 6.27. The van der Waals surface area contributed by atoms with Crippen LogP contribution >= 0.6 is 23.2 Å². The van der Waals surface area contributed by atoms with Crippen molar-refractivity contribution in [2.75, 3.05) is 13.2 Å². The first-order valence-electron chi connectivity index (χ1n) is 13.1. The standard InChI is InChI=1S/C27H30Cl2FNO11/c1-27(2)10-5-9(34)3-4-12(10)31-13-6-11(28)23(17(29)16(13)27)41-25-18(30)20(36)24(15(8-33)40-25)42-26-22(38)21(37)19(35)14(7-32)39-26/h3-6,14-15,18-22,24-26,32-33,35-38H,7-8H2,1-2H3/t14-,15-,18-,19-,20-,21+,22-,24-,25+,26+/m1/s1. The van der Waals surface area contributed by atoms with Crippen LogP contribution in [0.3, 0.4) is 0 Å². The highest BCUT2D eigenvalue weighted by Crippen LogP contribution is 2.52. The van der Waals surface area contributed by atoms with E-state index in [4.69, 9.17) is 42.1 Å². The minimum Gasteiger partial charge on any atom is -0.458 e. The summed E-state index contributed by atoms with van der Waals surface area (Å²) in [6.07, 6.45) is -13.2. The molecule has 12 nitrogen and oxygen atoms in total. The maximum Gasteiger partial charge on any atom is 0.234 e. The van der Waals surface area contributed by atoms with Crippen molar-refractivity contribution in [3.63, 3.8) is 0 Å². The Balaban J connectivity index is 1.40. The summed E-state index contributed by atoms with van der Waals surface area (Å²) in [5.41, 5.74) is 1.20. The summed E-state index contributed by atoms with van der Waals surface area (Å²) in [5, 5.41) is 60.4. The molecule has 5 rings (SSSR count). The van der Waals surface area contributed by atoms with Gasteiger partial charge in [-0.2, -0.15) is 0 Å². The Bertz CT molecular complexity index is 1330. The molecule has 0 unspecified atom stereocenters. The van der Waals surface area contributed by atoms with E-state index in [1.807, 2.05) is 13.8 Å². The van der Waals surface area contributed by atoms with E-state index in [2.05, 4.69) is 4.99 Å². The fraction of sp³-hybridized carbons (Fsp3) is 0.556. The van der Waals surface area contributed by atoms with Gasteiger partial charge >= 0.3 is 0 Å². The van der Waals surface area contributed by atoms with E-state index in [9.17, 15) is 35.4 Å². The molecule has 0 amide bonds. The normalized spacial score (nSPS) is 37.5. The van der Waals surface area contributed by atoms with Gasteiger partial charge in [-0.05, 0) is 29.9 Å². The number of hydrogen-bond donors (Lipinski definition) is 6. The number of alkyl halides is 1. The van der Waals surface area contributed by atoms with Crippen LogP contribution in [0.1, 0.15) is 19.4 Å². The maximum atomic E-state index is 15.6. The first kappa shape index (κ1) is 31.4. The number of aliphatic hydroxyl groups excluding tert-OH is 6. The fourth-order valence-electron chi connectivity index (χ4n) is 5.50. The lowest BCUT2D eigenvalue weighted by Gasteiger charge is -2.45. The van der Waals surface area contributed by atoms with E-state index in [0.29, 0.717) is 22.5 Å². The third-order valence-electron chi connectivity index (χ3n) is 7.81.